The number of aryl methyl sites for hydroxylation is 1. The number of hydrogen-bond acceptors (Lipinski definition) is 5. The Morgan fingerprint density at radius 2 is 2.20 bits per heavy atom. The summed E-state index contributed by atoms with van der Waals surface area (Å²) in [6.07, 6.45) is 5.20. The quantitative estimate of drug-likeness (QED) is 0.615. The van der Waals surface area contributed by atoms with E-state index in [0.717, 1.165) is 27.2 Å². The molecule has 3 aromatic heterocycles. The van der Waals surface area contributed by atoms with Crippen molar-refractivity contribution in [3.8, 4) is 5.69 Å². The lowest BCUT2D eigenvalue weighted by molar-refractivity contribution is 0.871. The highest BCUT2D eigenvalue weighted by atomic mass is 32.1. The van der Waals surface area contributed by atoms with Gasteiger partial charge in [0.25, 0.3) is 5.56 Å². The molecule has 0 saturated heterocycles. The second-order valence-corrected chi connectivity index (χ2v) is 6.66. The van der Waals surface area contributed by atoms with Gasteiger partial charge in [-0.05, 0) is 60.2 Å². The molecule has 0 amide bonds. The Balaban J connectivity index is 1.72. The molecule has 0 aliphatic carbocycles. The first-order valence-corrected chi connectivity index (χ1v) is 8.61. The number of hydrogen-bond donors (Lipinski definition) is 1. The van der Waals surface area contributed by atoms with Gasteiger partial charge in [-0.1, -0.05) is 6.07 Å². The van der Waals surface area contributed by atoms with Crippen LogP contribution in [0.1, 0.15) is 23.9 Å². The van der Waals surface area contributed by atoms with E-state index < -0.39 is 0 Å². The standard InChI is InChI=1S/C18H15N5OS/c1-11-7-13(3-4-15(11)23-10-19-9-20-23)8-12(2)16-21-17(24)14-5-6-25-18(14)22-16/h3-10H,1-2H3,(H,21,22,24). The molecule has 0 aliphatic heterocycles. The molecule has 6 nitrogen and oxygen atoms in total. The summed E-state index contributed by atoms with van der Waals surface area (Å²) in [6, 6.07) is 7.88. The number of fused-ring (bicyclic) bond motifs is 1. The maximum Gasteiger partial charge on any atom is 0.259 e. The van der Waals surface area contributed by atoms with Crippen LogP contribution in [0, 0.1) is 6.92 Å². The van der Waals surface area contributed by atoms with Gasteiger partial charge in [0, 0.05) is 0 Å². The Morgan fingerprint density at radius 1 is 1.32 bits per heavy atom. The average molecular weight is 349 g/mol. The predicted molar refractivity (Wildman–Crippen MR) is 99.9 cm³/mol. The highest BCUT2D eigenvalue weighted by Crippen LogP contribution is 2.21. The molecule has 4 aromatic rings. The number of rotatable bonds is 3. The Hall–Kier alpha value is -3.06. The predicted octanol–water partition coefficient (Wildman–Crippen LogP) is 3.43. The molecule has 124 valence electrons. The van der Waals surface area contributed by atoms with Gasteiger partial charge < -0.3 is 4.98 Å². The summed E-state index contributed by atoms with van der Waals surface area (Å²) in [4.78, 5) is 24.2. The smallest absolute Gasteiger partial charge is 0.259 e. The van der Waals surface area contributed by atoms with Crippen LogP contribution in [-0.2, 0) is 0 Å². The SMILES string of the molecule is CC(=Cc1ccc(-n2cncn2)c(C)c1)c1nc2sccc2c(=O)[nH]1. The topological polar surface area (TPSA) is 76.5 Å². The monoisotopic (exact) mass is 349 g/mol. The summed E-state index contributed by atoms with van der Waals surface area (Å²) in [6.45, 7) is 3.97. The number of H-pyrrole nitrogens is 1. The van der Waals surface area contributed by atoms with Crippen LogP contribution in [0.15, 0.2) is 47.1 Å². The van der Waals surface area contributed by atoms with Crippen LogP contribution in [0.25, 0.3) is 27.6 Å². The molecule has 25 heavy (non-hydrogen) atoms. The third kappa shape index (κ3) is 2.89. The summed E-state index contributed by atoms with van der Waals surface area (Å²) in [5.74, 6) is 0.595. The van der Waals surface area contributed by atoms with E-state index in [9.17, 15) is 4.79 Å². The molecule has 0 unspecified atom stereocenters. The van der Waals surface area contributed by atoms with Gasteiger partial charge in [-0.15, -0.1) is 11.3 Å². The van der Waals surface area contributed by atoms with Crippen LogP contribution in [-0.4, -0.2) is 24.7 Å². The van der Waals surface area contributed by atoms with Crippen molar-refractivity contribution in [2.24, 2.45) is 0 Å². The van der Waals surface area contributed by atoms with Gasteiger partial charge in [0.05, 0.1) is 11.1 Å². The first kappa shape index (κ1) is 15.5. The van der Waals surface area contributed by atoms with Gasteiger partial charge in [0.2, 0.25) is 0 Å². The minimum absolute atomic E-state index is 0.105. The van der Waals surface area contributed by atoms with Gasteiger partial charge in [-0.25, -0.2) is 14.6 Å². The first-order chi connectivity index (χ1) is 12.1. The number of aromatic nitrogens is 5. The molecule has 0 saturated carbocycles. The zero-order valence-electron chi connectivity index (χ0n) is 13.7. The van der Waals surface area contributed by atoms with E-state index in [2.05, 4.69) is 26.1 Å². The fourth-order valence-corrected chi connectivity index (χ4v) is 3.49. The zero-order valence-corrected chi connectivity index (χ0v) is 14.5. The van der Waals surface area contributed by atoms with Gasteiger partial charge in [0.15, 0.2) is 0 Å². The van der Waals surface area contributed by atoms with E-state index in [4.69, 9.17) is 0 Å². The molecule has 0 aliphatic rings. The molecule has 0 fully saturated rings. The molecule has 1 aromatic carbocycles. The van der Waals surface area contributed by atoms with Crippen molar-refractivity contribution in [2.75, 3.05) is 0 Å². The van der Waals surface area contributed by atoms with Crippen molar-refractivity contribution in [3.63, 3.8) is 0 Å². The van der Waals surface area contributed by atoms with Crippen molar-refractivity contribution >= 4 is 33.2 Å². The first-order valence-electron chi connectivity index (χ1n) is 7.73. The number of nitrogens with one attached hydrogen (secondary N) is 1. The zero-order chi connectivity index (χ0) is 17.4. The van der Waals surface area contributed by atoms with Crippen LogP contribution >= 0.6 is 11.3 Å². The summed E-state index contributed by atoms with van der Waals surface area (Å²) in [5.41, 5.74) is 3.90. The van der Waals surface area contributed by atoms with E-state index >= 15 is 0 Å². The fraction of sp³-hybridized carbons (Fsp3) is 0.111. The summed E-state index contributed by atoms with van der Waals surface area (Å²) in [5, 5.41) is 6.67. The van der Waals surface area contributed by atoms with Crippen molar-refractivity contribution in [1.82, 2.24) is 24.7 Å². The lowest BCUT2D eigenvalue weighted by Crippen LogP contribution is -2.09. The van der Waals surface area contributed by atoms with Crippen LogP contribution < -0.4 is 5.56 Å². The van der Waals surface area contributed by atoms with Crippen molar-refractivity contribution in [2.45, 2.75) is 13.8 Å². The maximum absolute atomic E-state index is 12.1. The normalized spacial score (nSPS) is 12.0. The lowest BCUT2D eigenvalue weighted by Gasteiger charge is -2.07. The molecule has 0 spiro atoms. The van der Waals surface area contributed by atoms with Crippen LogP contribution in [0.2, 0.25) is 0 Å². The third-order valence-corrected chi connectivity index (χ3v) is 4.78. The van der Waals surface area contributed by atoms with Gasteiger partial charge in [-0.2, -0.15) is 5.10 Å². The molecular weight excluding hydrogens is 334 g/mol. The lowest BCUT2D eigenvalue weighted by atomic mass is 10.1. The maximum atomic E-state index is 12.1. The number of aromatic amines is 1. The highest BCUT2D eigenvalue weighted by molar-refractivity contribution is 7.16. The molecule has 7 heteroatoms. The minimum Gasteiger partial charge on any atom is -0.306 e. The molecular formula is C18H15N5OS. The largest absolute Gasteiger partial charge is 0.306 e. The van der Waals surface area contributed by atoms with Gasteiger partial charge >= 0.3 is 0 Å². The third-order valence-electron chi connectivity index (χ3n) is 3.98. The van der Waals surface area contributed by atoms with E-state index in [0.29, 0.717) is 11.2 Å². The number of nitrogens with zero attached hydrogens (tertiary/aromatic N) is 4. The van der Waals surface area contributed by atoms with Crippen LogP contribution in [0.4, 0.5) is 0 Å². The Bertz CT molecular complexity index is 1140. The number of benzene rings is 1. The van der Waals surface area contributed by atoms with Crippen molar-refractivity contribution in [3.05, 3.63) is 69.6 Å². The van der Waals surface area contributed by atoms with E-state index in [1.165, 1.54) is 17.7 Å². The molecule has 0 radical (unpaired) electrons. The van der Waals surface area contributed by atoms with Gasteiger partial charge in [0.1, 0.15) is 23.3 Å². The minimum atomic E-state index is -0.105. The van der Waals surface area contributed by atoms with E-state index in [1.807, 2.05) is 37.4 Å². The van der Waals surface area contributed by atoms with E-state index in [-0.39, 0.29) is 5.56 Å². The average Bonchev–Trinajstić information content (AvgIpc) is 3.26. The molecule has 4 rings (SSSR count). The molecule has 0 atom stereocenters. The van der Waals surface area contributed by atoms with Crippen molar-refractivity contribution in [1.29, 1.82) is 0 Å². The number of thiophene rings is 1. The Labute approximate surface area is 147 Å². The Morgan fingerprint density at radius 3 is 2.96 bits per heavy atom. The molecule has 3 heterocycles. The van der Waals surface area contributed by atoms with Crippen LogP contribution in [0.5, 0.6) is 0 Å². The molecule has 0 bridgehead atoms. The molecule has 1 N–H and O–H groups in total. The number of allylic oxidation sites excluding steroid dienone is 1. The second kappa shape index (κ2) is 6.10. The second-order valence-electron chi connectivity index (χ2n) is 5.77. The van der Waals surface area contributed by atoms with Gasteiger partial charge in [-0.3, -0.25) is 4.79 Å². The summed E-state index contributed by atoms with van der Waals surface area (Å²) >= 11 is 1.47. The Kier molecular flexibility index (Phi) is 3.77. The van der Waals surface area contributed by atoms with Crippen LogP contribution in [0.3, 0.4) is 0 Å². The highest BCUT2D eigenvalue weighted by Gasteiger charge is 2.07. The van der Waals surface area contributed by atoms with Crippen molar-refractivity contribution < 1.29 is 0 Å². The fourth-order valence-electron chi connectivity index (χ4n) is 2.73. The van der Waals surface area contributed by atoms with E-state index in [1.54, 1.807) is 17.1 Å². The summed E-state index contributed by atoms with van der Waals surface area (Å²) < 4.78 is 1.74. The summed E-state index contributed by atoms with van der Waals surface area (Å²) in [7, 11) is 0.